The number of anilines is 1. The van der Waals surface area contributed by atoms with E-state index in [2.05, 4.69) is 10.6 Å². The van der Waals surface area contributed by atoms with Crippen LogP contribution in [0.1, 0.15) is 19.3 Å². The molecule has 0 saturated heterocycles. The van der Waals surface area contributed by atoms with Gasteiger partial charge in [-0.15, -0.1) is 0 Å². The fourth-order valence-electron chi connectivity index (χ4n) is 2.23. The minimum atomic E-state index is -0.813. The number of carbonyl (C=O) groups excluding carboxylic acids is 1. The van der Waals surface area contributed by atoms with E-state index in [1.165, 1.54) is 6.07 Å². The van der Waals surface area contributed by atoms with E-state index in [9.17, 15) is 18.7 Å². The molecule has 2 unspecified atom stereocenters. The average Bonchev–Trinajstić information content (AvgIpc) is 2.76. The Morgan fingerprint density at radius 1 is 1.37 bits per heavy atom. The molecule has 2 amide bonds. The summed E-state index contributed by atoms with van der Waals surface area (Å²) >= 11 is 0. The fourth-order valence-corrected chi connectivity index (χ4v) is 2.23. The second-order valence-electron chi connectivity index (χ2n) is 4.79. The van der Waals surface area contributed by atoms with Gasteiger partial charge < -0.3 is 15.7 Å². The van der Waals surface area contributed by atoms with E-state index in [1.54, 1.807) is 0 Å². The molecule has 0 aliphatic heterocycles. The standard InChI is InChI=1S/C13H16F2N2O2/c14-9-2-4-12(11(15)6-9)17-13(19)16-7-8-1-3-10(18)5-8/h2,4,6,8,10,18H,1,3,5,7H2,(H2,16,17,19). The molecule has 0 heterocycles. The van der Waals surface area contributed by atoms with Crippen LogP contribution in [0.3, 0.4) is 0 Å². The zero-order valence-corrected chi connectivity index (χ0v) is 10.3. The second kappa shape index (κ2) is 5.97. The van der Waals surface area contributed by atoms with Crippen LogP contribution in [0.4, 0.5) is 19.3 Å². The van der Waals surface area contributed by atoms with Crippen LogP contribution >= 0.6 is 0 Å². The Labute approximate surface area is 109 Å². The highest BCUT2D eigenvalue weighted by atomic mass is 19.1. The van der Waals surface area contributed by atoms with Gasteiger partial charge in [-0.05, 0) is 37.3 Å². The van der Waals surface area contributed by atoms with Crippen molar-refractivity contribution in [3.63, 3.8) is 0 Å². The minimum Gasteiger partial charge on any atom is -0.393 e. The number of rotatable bonds is 3. The van der Waals surface area contributed by atoms with Gasteiger partial charge in [0, 0.05) is 12.6 Å². The lowest BCUT2D eigenvalue weighted by Gasteiger charge is -2.12. The van der Waals surface area contributed by atoms with Crippen LogP contribution in [0.15, 0.2) is 18.2 Å². The number of urea groups is 1. The molecule has 2 atom stereocenters. The number of carbonyl (C=O) groups is 1. The van der Waals surface area contributed by atoms with Gasteiger partial charge in [0.2, 0.25) is 0 Å². The number of halogens is 2. The molecule has 1 aromatic carbocycles. The van der Waals surface area contributed by atoms with Gasteiger partial charge in [0.15, 0.2) is 0 Å². The Bertz CT molecular complexity index is 468. The molecule has 0 radical (unpaired) electrons. The van der Waals surface area contributed by atoms with Gasteiger partial charge in [-0.3, -0.25) is 0 Å². The van der Waals surface area contributed by atoms with Crippen molar-refractivity contribution >= 4 is 11.7 Å². The summed E-state index contributed by atoms with van der Waals surface area (Å²) in [5, 5.41) is 14.3. The summed E-state index contributed by atoms with van der Waals surface area (Å²) in [7, 11) is 0. The zero-order chi connectivity index (χ0) is 13.8. The van der Waals surface area contributed by atoms with Crippen LogP contribution in [-0.2, 0) is 0 Å². The molecule has 6 heteroatoms. The zero-order valence-electron chi connectivity index (χ0n) is 10.3. The monoisotopic (exact) mass is 270 g/mol. The van der Waals surface area contributed by atoms with Crippen LogP contribution in [-0.4, -0.2) is 23.8 Å². The summed E-state index contributed by atoms with van der Waals surface area (Å²) in [6, 6.07) is 2.42. The lowest BCUT2D eigenvalue weighted by molar-refractivity contribution is 0.177. The Hall–Kier alpha value is -1.69. The first-order valence-electron chi connectivity index (χ1n) is 6.22. The van der Waals surface area contributed by atoms with Crippen molar-refractivity contribution in [2.75, 3.05) is 11.9 Å². The first-order valence-corrected chi connectivity index (χ1v) is 6.22. The number of aliphatic hydroxyl groups excluding tert-OH is 1. The van der Waals surface area contributed by atoms with E-state index in [4.69, 9.17) is 0 Å². The molecule has 19 heavy (non-hydrogen) atoms. The number of aliphatic hydroxyl groups is 1. The summed E-state index contributed by atoms with van der Waals surface area (Å²) in [4.78, 5) is 11.5. The van der Waals surface area contributed by atoms with Gasteiger partial charge in [-0.1, -0.05) is 0 Å². The predicted molar refractivity (Wildman–Crippen MR) is 66.7 cm³/mol. The molecular weight excluding hydrogens is 254 g/mol. The maximum Gasteiger partial charge on any atom is 0.319 e. The van der Waals surface area contributed by atoms with Crippen LogP contribution in [0.5, 0.6) is 0 Å². The van der Waals surface area contributed by atoms with Gasteiger partial charge in [-0.2, -0.15) is 0 Å². The number of hydrogen-bond acceptors (Lipinski definition) is 2. The van der Waals surface area contributed by atoms with E-state index < -0.39 is 17.7 Å². The smallest absolute Gasteiger partial charge is 0.319 e. The molecule has 4 nitrogen and oxygen atoms in total. The Kier molecular flexibility index (Phi) is 4.31. The summed E-state index contributed by atoms with van der Waals surface area (Å²) in [6.45, 7) is 0.436. The topological polar surface area (TPSA) is 61.4 Å². The van der Waals surface area contributed by atoms with Crippen molar-refractivity contribution in [1.82, 2.24) is 5.32 Å². The Morgan fingerprint density at radius 3 is 2.79 bits per heavy atom. The molecule has 1 aliphatic carbocycles. The van der Waals surface area contributed by atoms with Crippen molar-refractivity contribution < 1.29 is 18.7 Å². The van der Waals surface area contributed by atoms with E-state index in [0.29, 0.717) is 19.0 Å². The van der Waals surface area contributed by atoms with Crippen LogP contribution in [0.2, 0.25) is 0 Å². The van der Waals surface area contributed by atoms with Crippen molar-refractivity contribution in [1.29, 1.82) is 0 Å². The quantitative estimate of drug-likeness (QED) is 0.789. The Morgan fingerprint density at radius 2 is 2.16 bits per heavy atom. The fraction of sp³-hybridized carbons (Fsp3) is 0.462. The molecule has 1 aromatic rings. The maximum absolute atomic E-state index is 13.3. The maximum atomic E-state index is 13.3. The van der Waals surface area contributed by atoms with Crippen LogP contribution in [0.25, 0.3) is 0 Å². The molecule has 1 aliphatic rings. The van der Waals surface area contributed by atoms with Gasteiger partial charge >= 0.3 is 6.03 Å². The van der Waals surface area contributed by atoms with Gasteiger partial charge in [0.05, 0.1) is 11.8 Å². The van der Waals surface area contributed by atoms with E-state index in [-0.39, 0.29) is 17.7 Å². The molecular formula is C13H16F2N2O2. The normalized spacial score (nSPS) is 22.3. The Balaban J connectivity index is 1.81. The largest absolute Gasteiger partial charge is 0.393 e. The summed E-state index contributed by atoms with van der Waals surface area (Å²) in [6.07, 6.45) is 2.00. The third kappa shape index (κ3) is 3.89. The van der Waals surface area contributed by atoms with Crippen molar-refractivity contribution in [2.24, 2.45) is 5.92 Å². The molecule has 1 fully saturated rings. The third-order valence-corrected chi connectivity index (χ3v) is 3.24. The number of amides is 2. The first-order chi connectivity index (χ1) is 9.04. The van der Waals surface area contributed by atoms with Gasteiger partial charge in [0.25, 0.3) is 0 Å². The van der Waals surface area contributed by atoms with Crippen LogP contribution < -0.4 is 10.6 Å². The predicted octanol–water partition coefficient (Wildman–Crippen LogP) is 2.25. The molecule has 104 valence electrons. The van der Waals surface area contributed by atoms with Crippen molar-refractivity contribution in [2.45, 2.75) is 25.4 Å². The van der Waals surface area contributed by atoms with Crippen molar-refractivity contribution in [3.8, 4) is 0 Å². The summed E-state index contributed by atoms with van der Waals surface area (Å²) in [5.41, 5.74) is -0.0645. The molecule has 1 saturated carbocycles. The minimum absolute atomic E-state index is 0.0645. The SMILES string of the molecule is O=C(NCC1CCC(O)C1)Nc1ccc(F)cc1F. The highest BCUT2D eigenvalue weighted by Crippen LogP contribution is 2.24. The molecule has 0 aromatic heterocycles. The van der Waals surface area contributed by atoms with Crippen LogP contribution in [0, 0.1) is 17.6 Å². The van der Waals surface area contributed by atoms with E-state index >= 15 is 0 Å². The molecule has 3 N–H and O–H groups in total. The van der Waals surface area contributed by atoms with E-state index in [1.807, 2.05) is 0 Å². The van der Waals surface area contributed by atoms with Gasteiger partial charge in [0.1, 0.15) is 11.6 Å². The number of hydrogen-bond donors (Lipinski definition) is 3. The number of nitrogens with one attached hydrogen (secondary N) is 2. The second-order valence-corrected chi connectivity index (χ2v) is 4.79. The molecule has 2 rings (SSSR count). The average molecular weight is 270 g/mol. The third-order valence-electron chi connectivity index (χ3n) is 3.24. The number of benzene rings is 1. The highest BCUT2D eigenvalue weighted by molar-refractivity contribution is 5.89. The highest BCUT2D eigenvalue weighted by Gasteiger charge is 2.23. The lowest BCUT2D eigenvalue weighted by Crippen LogP contribution is -2.32. The van der Waals surface area contributed by atoms with E-state index in [0.717, 1.165) is 18.9 Å². The summed E-state index contributed by atoms with van der Waals surface area (Å²) in [5.74, 6) is -1.26. The molecule has 0 bridgehead atoms. The van der Waals surface area contributed by atoms with Crippen molar-refractivity contribution in [3.05, 3.63) is 29.8 Å². The van der Waals surface area contributed by atoms with Gasteiger partial charge in [-0.25, -0.2) is 13.6 Å². The molecule has 0 spiro atoms. The first kappa shape index (κ1) is 13.7. The summed E-state index contributed by atoms with van der Waals surface area (Å²) < 4.78 is 26.0. The lowest BCUT2D eigenvalue weighted by atomic mass is 10.1.